The summed E-state index contributed by atoms with van der Waals surface area (Å²) in [4.78, 5) is 9.24. The van der Waals surface area contributed by atoms with E-state index in [0.717, 1.165) is 18.0 Å². The molecule has 5 rings (SSSR count). The first kappa shape index (κ1) is 18.4. The van der Waals surface area contributed by atoms with Crippen molar-refractivity contribution < 1.29 is 9.13 Å². The molecular formula is C22H21FN6O. The maximum atomic E-state index is 13.9. The zero-order valence-corrected chi connectivity index (χ0v) is 16.5. The van der Waals surface area contributed by atoms with Gasteiger partial charge in [0.1, 0.15) is 17.4 Å². The molecule has 1 fully saturated rings. The van der Waals surface area contributed by atoms with E-state index in [2.05, 4.69) is 20.4 Å². The summed E-state index contributed by atoms with van der Waals surface area (Å²) < 4.78 is 20.8. The highest BCUT2D eigenvalue weighted by Crippen LogP contribution is 2.34. The van der Waals surface area contributed by atoms with E-state index in [9.17, 15) is 4.39 Å². The van der Waals surface area contributed by atoms with Gasteiger partial charge in [0.25, 0.3) is 0 Å². The monoisotopic (exact) mass is 404 g/mol. The van der Waals surface area contributed by atoms with Crippen LogP contribution in [0.1, 0.15) is 12.8 Å². The van der Waals surface area contributed by atoms with E-state index in [4.69, 9.17) is 10.5 Å². The fraction of sp³-hybridized carbons (Fsp3) is 0.227. The van der Waals surface area contributed by atoms with E-state index >= 15 is 0 Å². The number of hydrogen-bond donors (Lipinski definition) is 2. The van der Waals surface area contributed by atoms with Gasteiger partial charge in [0.05, 0.1) is 23.9 Å². The van der Waals surface area contributed by atoms with Crippen molar-refractivity contribution in [2.24, 2.45) is 5.92 Å². The van der Waals surface area contributed by atoms with Gasteiger partial charge >= 0.3 is 0 Å². The molecule has 0 bridgehead atoms. The summed E-state index contributed by atoms with van der Waals surface area (Å²) in [6.07, 6.45) is 2.43. The third kappa shape index (κ3) is 3.41. The number of benzene rings is 2. The van der Waals surface area contributed by atoms with Crippen LogP contribution in [0.5, 0.6) is 5.75 Å². The van der Waals surface area contributed by atoms with Crippen LogP contribution in [0.25, 0.3) is 28.0 Å². The van der Waals surface area contributed by atoms with Gasteiger partial charge < -0.3 is 15.8 Å². The van der Waals surface area contributed by atoms with Crippen LogP contribution in [0, 0.1) is 11.7 Å². The molecule has 2 heterocycles. The van der Waals surface area contributed by atoms with E-state index in [-0.39, 0.29) is 5.82 Å². The minimum absolute atomic E-state index is 0.340. The molecule has 7 nitrogen and oxygen atoms in total. The highest BCUT2D eigenvalue weighted by atomic mass is 19.1. The van der Waals surface area contributed by atoms with Crippen molar-refractivity contribution in [1.29, 1.82) is 0 Å². The largest absolute Gasteiger partial charge is 0.497 e. The van der Waals surface area contributed by atoms with Crippen molar-refractivity contribution in [1.82, 2.24) is 19.7 Å². The Kier molecular flexibility index (Phi) is 4.46. The second-order valence-electron chi connectivity index (χ2n) is 7.42. The van der Waals surface area contributed by atoms with Crippen LogP contribution in [-0.4, -0.2) is 33.4 Å². The average Bonchev–Trinajstić information content (AvgIpc) is 3.54. The summed E-state index contributed by atoms with van der Waals surface area (Å²) in [5, 5.41) is 8.49. The van der Waals surface area contributed by atoms with E-state index < -0.39 is 0 Å². The van der Waals surface area contributed by atoms with Crippen molar-refractivity contribution >= 4 is 22.8 Å². The Bertz CT molecular complexity index is 1220. The number of methoxy groups -OCH3 is 1. The predicted molar refractivity (Wildman–Crippen MR) is 114 cm³/mol. The third-order valence-electron chi connectivity index (χ3n) is 5.23. The smallest absolute Gasteiger partial charge is 0.225 e. The quantitative estimate of drug-likeness (QED) is 0.504. The SMILES string of the molecule is COc1ccc(-n2nc3nc(NCC4CC4)nc(-c4cccc(F)c4)c3c2N)cc1. The molecule has 1 aliphatic rings. The molecule has 0 saturated heterocycles. The van der Waals surface area contributed by atoms with Crippen molar-refractivity contribution in [3.8, 4) is 22.7 Å². The van der Waals surface area contributed by atoms with Crippen LogP contribution in [0.4, 0.5) is 16.2 Å². The average molecular weight is 404 g/mol. The van der Waals surface area contributed by atoms with Gasteiger partial charge in [-0.1, -0.05) is 12.1 Å². The van der Waals surface area contributed by atoms with E-state index in [1.807, 2.05) is 24.3 Å². The number of nitrogen functional groups attached to an aromatic ring is 1. The maximum Gasteiger partial charge on any atom is 0.225 e. The Morgan fingerprint density at radius 1 is 1.17 bits per heavy atom. The number of fused-ring (bicyclic) bond motifs is 1. The molecule has 0 radical (unpaired) electrons. The number of aromatic nitrogens is 4. The minimum Gasteiger partial charge on any atom is -0.497 e. The van der Waals surface area contributed by atoms with Crippen LogP contribution < -0.4 is 15.8 Å². The molecule has 3 N–H and O–H groups in total. The topological polar surface area (TPSA) is 90.9 Å². The van der Waals surface area contributed by atoms with Gasteiger partial charge in [0, 0.05) is 12.1 Å². The van der Waals surface area contributed by atoms with Gasteiger partial charge in [-0.15, -0.1) is 5.10 Å². The van der Waals surface area contributed by atoms with Gasteiger partial charge in [0.15, 0.2) is 5.65 Å². The molecule has 8 heteroatoms. The molecule has 30 heavy (non-hydrogen) atoms. The second kappa shape index (κ2) is 7.29. The molecule has 0 aliphatic heterocycles. The van der Waals surface area contributed by atoms with Crippen molar-refractivity contribution in [3.05, 3.63) is 54.3 Å². The summed E-state index contributed by atoms with van der Waals surface area (Å²) in [6, 6.07) is 13.7. The van der Waals surface area contributed by atoms with Crippen LogP contribution >= 0.6 is 0 Å². The van der Waals surface area contributed by atoms with E-state index in [1.165, 1.54) is 25.0 Å². The van der Waals surface area contributed by atoms with Crippen molar-refractivity contribution in [2.45, 2.75) is 12.8 Å². The van der Waals surface area contributed by atoms with E-state index in [1.54, 1.807) is 23.9 Å². The Hall–Kier alpha value is -3.68. The number of ether oxygens (including phenoxy) is 1. The first-order chi connectivity index (χ1) is 14.6. The number of halogens is 1. The molecule has 2 aromatic heterocycles. The van der Waals surface area contributed by atoms with Crippen LogP contribution in [0.3, 0.4) is 0 Å². The van der Waals surface area contributed by atoms with Crippen molar-refractivity contribution in [3.63, 3.8) is 0 Å². The van der Waals surface area contributed by atoms with Crippen LogP contribution in [0.2, 0.25) is 0 Å². The molecule has 0 unspecified atom stereocenters. The molecular weight excluding hydrogens is 383 g/mol. The summed E-state index contributed by atoms with van der Waals surface area (Å²) in [7, 11) is 1.61. The zero-order valence-electron chi connectivity index (χ0n) is 16.5. The summed E-state index contributed by atoms with van der Waals surface area (Å²) in [6.45, 7) is 0.808. The lowest BCUT2D eigenvalue weighted by molar-refractivity contribution is 0.414. The molecule has 2 aromatic carbocycles. The Morgan fingerprint density at radius 3 is 2.67 bits per heavy atom. The Morgan fingerprint density at radius 2 is 1.97 bits per heavy atom. The first-order valence-electron chi connectivity index (χ1n) is 9.83. The van der Waals surface area contributed by atoms with Crippen molar-refractivity contribution in [2.75, 3.05) is 24.7 Å². The normalized spacial score (nSPS) is 13.5. The summed E-state index contributed by atoms with van der Waals surface area (Å²) >= 11 is 0. The zero-order chi connectivity index (χ0) is 20.7. The molecule has 0 spiro atoms. The molecule has 1 saturated carbocycles. The lowest BCUT2D eigenvalue weighted by Crippen LogP contribution is -2.07. The van der Waals surface area contributed by atoms with Gasteiger partial charge in [-0.25, -0.2) is 14.1 Å². The standard InChI is InChI=1S/C22H21FN6O/c1-30-17-9-7-16(8-10-17)29-20(24)18-19(14-3-2-4-15(23)11-14)26-22(27-21(18)28-29)25-12-13-5-6-13/h2-4,7-11,13H,5-6,12,24H2,1H3,(H,25,27,28). The van der Waals surface area contributed by atoms with Gasteiger partial charge in [0.2, 0.25) is 5.95 Å². The lowest BCUT2D eigenvalue weighted by Gasteiger charge is -2.08. The Balaban J connectivity index is 1.67. The first-order valence-corrected chi connectivity index (χ1v) is 9.83. The molecule has 0 atom stereocenters. The molecule has 152 valence electrons. The highest BCUT2D eigenvalue weighted by Gasteiger charge is 2.23. The number of nitrogens with zero attached hydrogens (tertiary/aromatic N) is 4. The van der Waals surface area contributed by atoms with Gasteiger partial charge in [-0.2, -0.15) is 4.98 Å². The number of nitrogens with one attached hydrogen (secondary N) is 1. The number of nitrogens with two attached hydrogens (primary N) is 1. The summed E-state index contributed by atoms with van der Waals surface area (Å²) in [5.41, 5.74) is 8.87. The number of anilines is 2. The molecule has 1 aliphatic carbocycles. The third-order valence-corrected chi connectivity index (χ3v) is 5.23. The van der Waals surface area contributed by atoms with Crippen LogP contribution in [0.15, 0.2) is 48.5 Å². The van der Waals surface area contributed by atoms with Gasteiger partial charge in [-0.3, -0.25) is 0 Å². The van der Waals surface area contributed by atoms with Gasteiger partial charge in [-0.05, 0) is 55.2 Å². The number of hydrogen-bond acceptors (Lipinski definition) is 6. The maximum absolute atomic E-state index is 13.9. The van der Waals surface area contributed by atoms with E-state index in [0.29, 0.717) is 40.0 Å². The fourth-order valence-electron chi connectivity index (χ4n) is 3.41. The van der Waals surface area contributed by atoms with Crippen LogP contribution in [-0.2, 0) is 0 Å². The minimum atomic E-state index is -0.340. The fourth-order valence-corrected chi connectivity index (χ4v) is 3.41. The lowest BCUT2D eigenvalue weighted by atomic mass is 10.1. The summed E-state index contributed by atoms with van der Waals surface area (Å²) in [5.74, 6) is 1.91. The second-order valence-corrected chi connectivity index (χ2v) is 7.42. The highest BCUT2D eigenvalue weighted by molar-refractivity contribution is 5.99. The predicted octanol–water partition coefficient (Wildman–Crippen LogP) is 4.03. The molecule has 4 aromatic rings. The Labute approximate surface area is 172 Å². The number of rotatable bonds is 6. The molecule has 0 amide bonds.